The summed E-state index contributed by atoms with van der Waals surface area (Å²) in [5, 5.41) is 5.42. The monoisotopic (exact) mass is 396 g/mol. The van der Waals surface area contributed by atoms with Gasteiger partial charge >= 0.3 is 16.1 Å². The van der Waals surface area contributed by atoms with Gasteiger partial charge in [0.1, 0.15) is 10.6 Å². The van der Waals surface area contributed by atoms with Crippen LogP contribution in [-0.4, -0.2) is 14.4 Å². The summed E-state index contributed by atoms with van der Waals surface area (Å²) in [4.78, 5) is 12.3. The van der Waals surface area contributed by atoms with Crippen LogP contribution in [0.15, 0.2) is 77.7 Å². The van der Waals surface area contributed by atoms with E-state index in [4.69, 9.17) is 4.18 Å². The number of carbonyl (C=O) groups is 1. The average Bonchev–Trinajstić information content (AvgIpc) is 2.64. The Balaban J connectivity index is 1.73. The minimum atomic E-state index is -3.97. The maximum atomic E-state index is 12.5. The highest BCUT2D eigenvalue weighted by Crippen LogP contribution is 2.24. The number of amides is 2. The number of rotatable bonds is 5. The van der Waals surface area contributed by atoms with Crippen LogP contribution in [0.1, 0.15) is 11.1 Å². The molecule has 0 fully saturated rings. The quantitative estimate of drug-likeness (QED) is 0.612. The molecule has 0 bridgehead atoms. The Labute approximate surface area is 164 Å². The van der Waals surface area contributed by atoms with E-state index in [2.05, 4.69) is 10.6 Å². The van der Waals surface area contributed by atoms with Gasteiger partial charge in [0.2, 0.25) is 0 Å². The summed E-state index contributed by atoms with van der Waals surface area (Å²) in [6.45, 7) is 3.59. The first-order chi connectivity index (χ1) is 13.3. The van der Waals surface area contributed by atoms with Crippen LogP contribution in [0.25, 0.3) is 0 Å². The van der Waals surface area contributed by atoms with Crippen LogP contribution < -0.4 is 14.8 Å². The molecule has 144 valence electrons. The number of urea groups is 1. The molecule has 0 saturated carbocycles. The lowest BCUT2D eigenvalue weighted by atomic mass is 10.2. The van der Waals surface area contributed by atoms with Crippen LogP contribution in [0.2, 0.25) is 0 Å². The first kappa shape index (κ1) is 19.4. The van der Waals surface area contributed by atoms with Crippen molar-refractivity contribution in [3.05, 3.63) is 83.9 Å². The van der Waals surface area contributed by atoms with Crippen molar-refractivity contribution in [2.24, 2.45) is 0 Å². The third-order valence-electron chi connectivity index (χ3n) is 4.05. The summed E-state index contributed by atoms with van der Waals surface area (Å²) in [7, 11) is -3.97. The highest BCUT2D eigenvalue weighted by molar-refractivity contribution is 7.87. The zero-order valence-electron chi connectivity index (χ0n) is 15.5. The van der Waals surface area contributed by atoms with E-state index in [-0.39, 0.29) is 10.6 Å². The molecule has 0 spiro atoms. The zero-order valence-corrected chi connectivity index (χ0v) is 16.3. The SMILES string of the molecule is Cc1ccccc1NC(=O)Nc1cccc(OS(=O)(=O)c2ccccc2C)c1. The fraction of sp³-hybridized carbons (Fsp3) is 0.0952. The number of nitrogens with one attached hydrogen (secondary N) is 2. The number of carbonyl (C=O) groups excluding carboxylic acids is 1. The van der Waals surface area contributed by atoms with Gasteiger partial charge in [-0.25, -0.2) is 4.79 Å². The lowest BCUT2D eigenvalue weighted by molar-refractivity contribution is 0.262. The molecule has 0 saturated heterocycles. The Morgan fingerprint density at radius 3 is 2.21 bits per heavy atom. The molecule has 0 radical (unpaired) electrons. The third kappa shape index (κ3) is 4.69. The van der Waals surface area contributed by atoms with Gasteiger partial charge in [-0.1, -0.05) is 42.5 Å². The summed E-state index contributed by atoms with van der Waals surface area (Å²) < 4.78 is 30.3. The van der Waals surface area contributed by atoms with E-state index in [9.17, 15) is 13.2 Å². The van der Waals surface area contributed by atoms with Gasteiger partial charge in [-0.15, -0.1) is 0 Å². The van der Waals surface area contributed by atoms with Crippen molar-refractivity contribution in [3.8, 4) is 5.75 Å². The number of benzene rings is 3. The second-order valence-corrected chi connectivity index (χ2v) is 7.74. The van der Waals surface area contributed by atoms with Gasteiger partial charge < -0.3 is 14.8 Å². The average molecular weight is 396 g/mol. The Morgan fingerprint density at radius 2 is 1.50 bits per heavy atom. The molecule has 0 unspecified atom stereocenters. The van der Waals surface area contributed by atoms with E-state index in [0.717, 1.165) is 5.56 Å². The minimum absolute atomic E-state index is 0.102. The lowest BCUT2D eigenvalue weighted by Gasteiger charge is -2.12. The van der Waals surface area contributed by atoms with Crippen LogP contribution in [-0.2, 0) is 10.1 Å². The molecular weight excluding hydrogens is 376 g/mol. The van der Waals surface area contributed by atoms with Crippen LogP contribution in [0.3, 0.4) is 0 Å². The molecule has 0 aliphatic rings. The number of anilines is 2. The van der Waals surface area contributed by atoms with Crippen LogP contribution >= 0.6 is 0 Å². The molecule has 7 heteroatoms. The predicted molar refractivity (Wildman–Crippen MR) is 109 cm³/mol. The van der Waals surface area contributed by atoms with Crippen molar-refractivity contribution in [2.45, 2.75) is 18.7 Å². The first-order valence-corrected chi connectivity index (χ1v) is 10.00. The van der Waals surface area contributed by atoms with E-state index in [1.54, 1.807) is 43.3 Å². The van der Waals surface area contributed by atoms with Crippen molar-refractivity contribution >= 4 is 27.5 Å². The molecule has 0 aliphatic heterocycles. The molecule has 6 nitrogen and oxygen atoms in total. The molecule has 3 aromatic rings. The summed E-state index contributed by atoms with van der Waals surface area (Å²) >= 11 is 0. The summed E-state index contributed by atoms with van der Waals surface area (Å²) in [5.74, 6) is 0.108. The predicted octanol–water partition coefficient (Wildman–Crippen LogP) is 4.72. The minimum Gasteiger partial charge on any atom is -0.379 e. The maximum Gasteiger partial charge on any atom is 0.339 e. The van der Waals surface area contributed by atoms with Gasteiger partial charge in [-0.05, 0) is 49.2 Å². The third-order valence-corrected chi connectivity index (χ3v) is 5.46. The molecule has 2 amide bonds. The summed E-state index contributed by atoms with van der Waals surface area (Å²) in [6.07, 6.45) is 0. The largest absolute Gasteiger partial charge is 0.379 e. The highest BCUT2D eigenvalue weighted by Gasteiger charge is 2.19. The van der Waals surface area contributed by atoms with Crippen LogP contribution in [0.4, 0.5) is 16.2 Å². The Morgan fingerprint density at radius 1 is 0.821 bits per heavy atom. The van der Waals surface area contributed by atoms with Gasteiger partial charge in [-0.3, -0.25) is 0 Å². The lowest BCUT2D eigenvalue weighted by Crippen LogP contribution is -2.20. The van der Waals surface area contributed by atoms with Crippen LogP contribution in [0.5, 0.6) is 5.75 Å². The van der Waals surface area contributed by atoms with Crippen molar-refractivity contribution in [3.63, 3.8) is 0 Å². The molecule has 2 N–H and O–H groups in total. The smallest absolute Gasteiger partial charge is 0.339 e. The number of hydrogen-bond donors (Lipinski definition) is 2. The number of para-hydroxylation sites is 1. The van der Waals surface area contributed by atoms with Crippen molar-refractivity contribution in [1.29, 1.82) is 0 Å². The molecule has 0 aliphatic carbocycles. The normalized spacial score (nSPS) is 10.9. The summed E-state index contributed by atoms with van der Waals surface area (Å²) in [5.41, 5.74) is 2.62. The van der Waals surface area contributed by atoms with Gasteiger partial charge in [0.25, 0.3) is 0 Å². The molecule has 0 aromatic heterocycles. The van der Waals surface area contributed by atoms with Crippen LogP contribution in [0, 0.1) is 13.8 Å². The number of aryl methyl sites for hydroxylation is 2. The van der Waals surface area contributed by atoms with Gasteiger partial charge in [-0.2, -0.15) is 8.42 Å². The molecule has 3 aromatic carbocycles. The highest BCUT2D eigenvalue weighted by atomic mass is 32.2. The number of hydrogen-bond acceptors (Lipinski definition) is 4. The molecular formula is C21H20N2O4S. The topological polar surface area (TPSA) is 84.5 Å². The van der Waals surface area contributed by atoms with E-state index < -0.39 is 16.1 Å². The van der Waals surface area contributed by atoms with E-state index in [0.29, 0.717) is 16.9 Å². The fourth-order valence-electron chi connectivity index (χ4n) is 2.63. The zero-order chi connectivity index (χ0) is 20.1. The Hall–Kier alpha value is -3.32. The Bertz CT molecular complexity index is 1110. The summed E-state index contributed by atoms with van der Waals surface area (Å²) in [6, 6.07) is 19.7. The molecule has 3 rings (SSSR count). The Kier molecular flexibility index (Phi) is 5.65. The van der Waals surface area contributed by atoms with Gasteiger partial charge in [0.15, 0.2) is 0 Å². The standard InChI is InChI=1S/C21H20N2O4S/c1-15-8-3-5-12-19(15)23-21(24)22-17-10-7-11-18(14-17)27-28(25,26)20-13-6-4-9-16(20)2/h3-14H,1-2H3,(H2,22,23,24). The molecule has 0 atom stereocenters. The molecule has 28 heavy (non-hydrogen) atoms. The van der Waals surface area contributed by atoms with Crippen molar-refractivity contribution in [2.75, 3.05) is 10.6 Å². The first-order valence-electron chi connectivity index (χ1n) is 8.59. The van der Waals surface area contributed by atoms with E-state index >= 15 is 0 Å². The van der Waals surface area contributed by atoms with E-state index in [1.165, 1.54) is 18.2 Å². The second kappa shape index (κ2) is 8.14. The van der Waals surface area contributed by atoms with E-state index in [1.807, 2.05) is 25.1 Å². The van der Waals surface area contributed by atoms with Gasteiger partial charge in [0, 0.05) is 17.4 Å². The fourth-order valence-corrected chi connectivity index (χ4v) is 3.79. The van der Waals surface area contributed by atoms with Crippen molar-refractivity contribution < 1.29 is 17.4 Å². The van der Waals surface area contributed by atoms with Crippen molar-refractivity contribution in [1.82, 2.24) is 0 Å². The molecule has 0 heterocycles. The van der Waals surface area contributed by atoms with Gasteiger partial charge in [0.05, 0.1) is 0 Å². The maximum absolute atomic E-state index is 12.5. The second-order valence-electron chi connectivity index (χ2n) is 6.22.